The Morgan fingerprint density at radius 2 is 2.43 bits per heavy atom. The average molecular weight is 255 g/mol. The first-order valence-corrected chi connectivity index (χ1v) is 5.95. The lowest BCUT2D eigenvalue weighted by molar-refractivity contribution is 0.480. The zero-order valence-electron chi connectivity index (χ0n) is 8.57. The molecule has 1 aliphatic carbocycles. The van der Waals surface area contributed by atoms with Crippen LogP contribution in [0.25, 0.3) is 6.08 Å². The van der Waals surface area contributed by atoms with Gasteiger partial charge in [0.2, 0.25) is 0 Å². The molecule has 0 aromatic carbocycles. The van der Waals surface area contributed by atoms with E-state index in [4.69, 9.17) is 0 Å². The second kappa shape index (κ2) is 3.89. The molecule has 1 heterocycles. The smallest absolute Gasteiger partial charge is 0.0639 e. The van der Waals surface area contributed by atoms with E-state index in [9.17, 15) is 0 Å². The fourth-order valence-electron chi connectivity index (χ4n) is 1.75. The Kier molecular flexibility index (Phi) is 2.77. The van der Waals surface area contributed by atoms with E-state index in [1.54, 1.807) is 0 Å². The Morgan fingerprint density at radius 1 is 1.64 bits per heavy atom. The van der Waals surface area contributed by atoms with Crippen molar-refractivity contribution in [2.45, 2.75) is 31.6 Å². The van der Waals surface area contributed by atoms with E-state index in [1.807, 2.05) is 6.20 Å². The predicted molar refractivity (Wildman–Crippen MR) is 62.5 cm³/mol. The van der Waals surface area contributed by atoms with E-state index in [0.717, 1.165) is 13.0 Å². The molecular weight excluding hydrogens is 240 g/mol. The fraction of sp³-hybridized carbons (Fsp3) is 0.545. The summed E-state index contributed by atoms with van der Waals surface area (Å²) in [6.07, 6.45) is 7.42. The van der Waals surface area contributed by atoms with Gasteiger partial charge in [-0.1, -0.05) is 35.9 Å². The second-order valence-electron chi connectivity index (χ2n) is 4.21. The largest absolute Gasteiger partial charge is 0.265 e. The van der Waals surface area contributed by atoms with Crippen LogP contribution in [0.3, 0.4) is 0 Å². The maximum Gasteiger partial charge on any atom is 0.0639 e. The monoisotopic (exact) mass is 254 g/mol. The second-order valence-corrected chi connectivity index (χ2v) is 5.39. The third-order valence-corrected chi connectivity index (χ3v) is 3.00. The molecule has 0 saturated carbocycles. The molecule has 3 heteroatoms. The van der Waals surface area contributed by atoms with Crippen molar-refractivity contribution in [1.29, 1.82) is 0 Å². The fourth-order valence-corrected chi connectivity index (χ4v) is 2.25. The van der Waals surface area contributed by atoms with Crippen LogP contribution in [0.2, 0.25) is 0 Å². The summed E-state index contributed by atoms with van der Waals surface area (Å²) < 4.78 is 2.11. The standard InChI is InChI=1S/C11H15BrN2/c1-8(2)7-14-11-4-3-10(12)5-9(11)6-13-14/h3-4,6,8,10H,5,7H2,1-2H3. The van der Waals surface area contributed by atoms with Gasteiger partial charge in [-0.15, -0.1) is 0 Å². The molecule has 0 aliphatic heterocycles. The Bertz CT molecular complexity index is 352. The quantitative estimate of drug-likeness (QED) is 0.743. The van der Waals surface area contributed by atoms with E-state index in [2.05, 4.69) is 51.7 Å². The number of fused-ring (bicyclic) bond motifs is 1. The molecule has 1 aromatic rings. The van der Waals surface area contributed by atoms with Crippen LogP contribution in [0.1, 0.15) is 25.1 Å². The van der Waals surface area contributed by atoms with E-state index < -0.39 is 0 Å². The van der Waals surface area contributed by atoms with E-state index in [-0.39, 0.29) is 0 Å². The van der Waals surface area contributed by atoms with Gasteiger partial charge in [-0.3, -0.25) is 4.68 Å². The first kappa shape index (κ1) is 9.97. The SMILES string of the molecule is CC(C)Cn1ncc2c1C=CC(Br)C2. The van der Waals surface area contributed by atoms with Gasteiger partial charge in [0, 0.05) is 11.4 Å². The molecule has 0 spiro atoms. The number of alkyl halides is 1. The van der Waals surface area contributed by atoms with Crippen LogP contribution in [0.5, 0.6) is 0 Å². The zero-order chi connectivity index (χ0) is 10.1. The summed E-state index contributed by atoms with van der Waals surface area (Å²) >= 11 is 3.59. The summed E-state index contributed by atoms with van der Waals surface area (Å²) in [4.78, 5) is 0.478. The first-order chi connectivity index (χ1) is 6.66. The third kappa shape index (κ3) is 1.92. The molecule has 0 radical (unpaired) electrons. The summed E-state index contributed by atoms with van der Waals surface area (Å²) in [5, 5.41) is 4.42. The minimum absolute atomic E-state index is 0.478. The van der Waals surface area contributed by atoms with Crippen LogP contribution in [0.4, 0.5) is 0 Å². The van der Waals surface area contributed by atoms with E-state index >= 15 is 0 Å². The van der Waals surface area contributed by atoms with Crippen LogP contribution in [0, 0.1) is 5.92 Å². The van der Waals surface area contributed by atoms with Crippen molar-refractivity contribution < 1.29 is 0 Å². The number of hydrogen-bond donors (Lipinski definition) is 0. The Balaban J connectivity index is 2.27. The lowest BCUT2D eigenvalue weighted by Crippen LogP contribution is -2.11. The highest BCUT2D eigenvalue weighted by molar-refractivity contribution is 9.09. The topological polar surface area (TPSA) is 17.8 Å². The van der Waals surface area contributed by atoms with Crippen molar-refractivity contribution in [3.63, 3.8) is 0 Å². The highest BCUT2D eigenvalue weighted by Crippen LogP contribution is 2.23. The van der Waals surface area contributed by atoms with Crippen LogP contribution in [-0.4, -0.2) is 14.6 Å². The van der Waals surface area contributed by atoms with Crippen molar-refractivity contribution in [1.82, 2.24) is 9.78 Å². The molecule has 76 valence electrons. The molecule has 1 atom stereocenters. The van der Waals surface area contributed by atoms with Gasteiger partial charge in [0.05, 0.1) is 11.9 Å². The van der Waals surface area contributed by atoms with Crippen molar-refractivity contribution >= 4 is 22.0 Å². The van der Waals surface area contributed by atoms with Crippen LogP contribution < -0.4 is 0 Å². The van der Waals surface area contributed by atoms with Crippen molar-refractivity contribution in [2.75, 3.05) is 0 Å². The molecule has 0 bridgehead atoms. The number of halogens is 1. The number of hydrogen-bond acceptors (Lipinski definition) is 1. The van der Waals surface area contributed by atoms with E-state index in [0.29, 0.717) is 10.7 Å². The van der Waals surface area contributed by atoms with Crippen LogP contribution in [-0.2, 0) is 13.0 Å². The maximum atomic E-state index is 4.42. The maximum absolute atomic E-state index is 4.42. The summed E-state index contributed by atoms with van der Waals surface area (Å²) in [5.74, 6) is 0.647. The molecule has 0 amide bonds. The number of aromatic nitrogens is 2. The van der Waals surface area contributed by atoms with Gasteiger partial charge in [-0.05, 0) is 24.0 Å². The summed E-state index contributed by atoms with van der Waals surface area (Å²) in [6.45, 7) is 5.44. The zero-order valence-corrected chi connectivity index (χ0v) is 10.2. The lowest BCUT2D eigenvalue weighted by atomic mass is 10.0. The summed E-state index contributed by atoms with van der Waals surface area (Å²) in [5.41, 5.74) is 2.64. The molecule has 14 heavy (non-hydrogen) atoms. The van der Waals surface area contributed by atoms with E-state index in [1.165, 1.54) is 11.3 Å². The average Bonchev–Trinajstić information content (AvgIpc) is 2.47. The molecule has 1 aromatic heterocycles. The summed E-state index contributed by atoms with van der Waals surface area (Å²) in [6, 6.07) is 0. The van der Waals surface area contributed by atoms with Crippen molar-refractivity contribution in [3.8, 4) is 0 Å². The highest BCUT2D eigenvalue weighted by atomic mass is 79.9. The van der Waals surface area contributed by atoms with Gasteiger partial charge in [0.15, 0.2) is 0 Å². The van der Waals surface area contributed by atoms with Gasteiger partial charge in [-0.25, -0.2) is 0 Å². The Labute approximate surface area is 93.1 Å². The van der Waals surface area contributed by atoms with Crippen molar-refractivity contribution in [3.05, 3.63) is 23.5 Å². The van der Waals surface area contributed by atoms with Gasteiger partial charge >= 0.3 is 0 Å². The lowest BCUT2D eigenvalue weighted by Gasteiger charge is -2.13. The Hall–Kier alpha value is -0.570. The highest BCUT2D eigenvalue weighted by Gasteiger charge is 2.15. The minimum Gasteiger partial charge on any atom is -0.265 e. The molecular formula is C11H15BrN2. The molecule has 1 unspecified atom stereocenters. The molecule has 1 aliphatic rings. The van der Waals surface area contributed by atoms with Gasteiger partial charge < -0.3 is 0 Å². The molecule has 2 nitrogen and oxygen atoms in total. The summed E-state index contributed by atoms with van der Waals surface area (Å²) in [7, 11) is 0. The molecule has 0 N–H and O–H groups in total. The Morgan fingerprint density at radius 3 is 3.14 bits per heavy atom. The number of nitrogens with zero attached hydrogens (tertiary/aromatic N) is 2. The van der Waals surface area contributed by atoms with Crippen molar-refractivity contribution in [2.24, 2.45) is 5.92 Å². The normalized spacial score (nSPS) is 20.1. The van der Waals surface area contributed by atoms with Gasteiger partial charge in [0.25, 0.3) is 0 Å². The van der Waals surface area contributed by atoms with Gasteiger partial charge in [0.1, 0.15) is 0 Å². The predicted octanol–water partition coefficient (Wildman–Crippen LogP) is 2.87. The molecule has 2 rings (SSSR count). The number of rotatable bonds is 2. The number of allylic oxidation sites excluding steroid dienone is 1. The minimum atomic E-state index is 0.478. The van der Waals surface area contributed by atoms with Crippen LogP contribution in [0.15, 0.2) is 12.3 Å². The molecule has 0 fully saturated rings. The van der Waals surface area contributed by atoms with Gasteiger partial charge in [-0.2, -0.15) is 5.10 Å². The van der Waals surface area contributed by atoms with Crippen LogP contribution >= 0.6 is 15.9 Å². The molecule has 0 saturated heterocycles. The third-order valence-electron chi connectivity index (χ3n) is 2.38. The first-order valence-electron chi connectivity index (χ1n) is 5.04.